The SMILES string of the molecule is CC(=O)c1ccc(N2C[C@@H](CC(C)(C)C)OC2=O)cc1. The van der Waals surface area contributed by atoms with E-state index >= 15 is 0 Å². The van der Waals surface area contributed by atoms with Gasteiger partial charge in [0.05, 0.1) is 6.54 Å². The number of anilines is 1. The first-order valence-corrected chi connectivity index (χ1v) is 6.85. The predicted octanol–water partition coefficient (Wildman–Crippen LogP) is 3.65. The standard InChI is InChI=1S/C16H21NO3/c1-11(18)12-5-7-13(8-6-12)17-10-14(20-15(17)19)9-16(2,3)4/h5-8,14H,9-10H2,1-4H3/t14-/m1/s1. The van der Waals surface area contributed by atoms with Gasteiger partial charge < -0.3 is 4.74 Å². The lowest BCUT2D eigenvalue weighted by Crippen LogP contribution is -2.26. The fourth-order valence-corrected chi connectivity index (χ4v) is 2.40. The summed E-state index contributed by atoms with van der Waals surface area (Å²) in [6, 6.07) is 7.05. The van der Waals surface area contributed by atoms with Gasteiger partial charge in [0, 0.05) is 11.3 Å². The van der Waals surface area contributed by atoms with E-state index in [2.05, 4.69) is 20.8 Å². The van der Waals surface area contributed by atoms with E-state index in [0.717, 1.165) is 12.1 Å². The van der Waals surface area contributed by atoms with Crippen LogP contribution in [0, 0.1) is 5.41 Å². The van der Waals surface area contributed by atoms with Crippen molar-refractivity contribution in [2.45, 2.75) is 40.2 Å². The normalized spacial score (nSPS) is 19.1. The molecular weight excluding hydrogens is 254 g/mol. The fourth-order valence-electron chi connectivity index (χ4n) is 2.40. The second-order valence-corrected chi connectivity index (χ2v) is 6.48. The van der Waals surface area contributed by atoms with Gasteiger partial charge in [0.15, 0.2) is 5.78 Å². The Hall–Kier alpha value is -1.84. The fraction of sp³-hybridized carbons (Fsp3) is 0.500. The van der Waals surface area contributed by atoms with E-state index < -0.39 is 0 Å². The second kappa shape index (κ2) is 5.27. The first kappa shape index (κ1) is 14.6. The van der Waals surface area contributed by atoms with Gasteiger partial charge >= 0.3 is 6.09 Å². The molecule has 1 heterocycles. The highest BCUT2D eigenvalue weighted by Gasteiger charge is 2.34. The number of nitrogens with zero attached hydrogens (tertiary/aromatic N) is 1. The highest BCUT2D eigenvalue weighted by molar-refractivity contribution is 5.95. The van der Waals surface area contributed by atoms with Crippen LogP contribution in [0.3, 0.4) is 0 Å². The van der Waals surface area contributed by atoms with Crippen LogP contribution in [0.5, 0.6) is 0 Å². The topological polar surface area (TPSA) is 46.6 Å². The van der Waals surface area contributed by atoms with Crippen molar-refractivity contribution in [1.82, 2.24) is 0 Å². The summed E-state index contributed by atoms with van der Waals surface area (Å²) in [5.74, 6) is 0.0196. The maximum Gasteiger partial charge on any atom is 0.414 e. The Morgan fingerprint density at radius 2 is 1.90 bits per heavy atom. The molecule has 1 amide bonds. The number of cyclic esters (lactones) is 1. The van der Waals surface area contributed by atoms with Crippen molar-refractivity contribution in [2.24, 2.45) is 5.41 Å². The monoisotopic (exact) mass is 275 g/mol. The lowest BCUT2D eigenvalue weighted by atomic mass is 9.89. The molecule has 1 saturated heterocycles. The lowest BCUT2D eigenvalue weighted by molar-refractivity contribution is 0.101. The highest BCUT2D eigenvalue weighted by atomic mass is 16.6. The molecule has 0 aromatic heterocycles. The van der Waals surface area contributed by atoms with Gasteiger partial charge in [-0.15, -0.1) is 0 Å². The smallest absolute Gasteiger partial charge is 0.414 e. The van der Waals surface area contributed by atoms with Crippen LogP contribution in [0.4, 0.5) is 10.5 Å². The van der Waals surface area contributed by atoms with Gasteiger partial charge in [-0.25, -0.2) is 4.79 Å². The Kier molecular flexibility index (Phi) is 3.84. The van der Waals surface area contributed by atoms with Gasteiger partial charge in [-0.1, -0.05) is 20.8 Å². The molecule has 1 aromatic carbocycles. The van der Waals surface area contributed by atoms with E-state index in [1.807, 2.05) is 0 Å². The molecule has 1 atom stereocenters. The lowest BCUT2D eigenvalue weighted by Gasteiger charge is -2.21. The summed E-state index contributed by atoms with van der Waals surface area (Å²) < 4.78 is 5.40. The highest BCUT2D eigenvalue weighted by Crippen LogP contribution is 2.29. The van der Waals surface area contributed by atoms with Crippen LogP contribution in [0.2, 0.25) is 0 Å². The third-order valence-corrected chi connectivity index (χ3v) is 3.30. The van der Waals surface area contributed by atoms with Crippen molar-refractivity contribution < 1.29 is 14.3 Å². The Labute approximate surface area is 119 Å². The number of hydrogen-bond acceptors (Lipinski definition) is 3. The third-order valence-electron chi connectivity index (χ3n) is 3.30. The summed E-state index contributed by atoms with van der Waals surface area (Å²) in [7, 11) is 0. The van der Waals surface area contributed by atoms with Crippen molar-refractivity contribution in [3.63, 3.8) is 0 Å². The van der Waals surface area contributed by atoms with E-state index in [0.29, 0.717) is 12.1 Å². The minimum absolute atomic E-state index is 0.0196. The first-order valence-electron chi connectivity index (χ1n) is 6.85. The maximum absolute atomic E-state index is 11.9. The van der Waals surface area contributed by atoms with Crippen molar-refractivity contribution >= 4 is 17.6 Å². The first-order chi connectivity index (χ1) is 9.26. The molecular formula is C16H21NO3. The Balaban J connectivity index is 2.09. The number of carbonyl (C=O) groups excluding carboxylic acids is 2. The zero-order chi connectivity index (χ0) is 14.9. The van der Waals surface area contributed by atoms with E-state index in [1.165, 1.54) is 6.92 Å². The molecule has 1 aliphatic heterocycles. The van der Waals surface area contributed by atoms with Crippen LogP contribution in [0.25, 0.3) is 0 Å². The molecule has 0 unspecified atom stereocenters. The minimum Gasteiger partial charge on any atom is -0.444 e. The summed E-state index contributed by atoms with van der Waals surface area (Å²) in [5.41, 5.74) is 1.54. The van der Waals surface area contributed by atoms with Gasteiger partial charge in [0.2, 0.25) is 0 Å². The van der Waals surface area contributed by atoms with Crippen LogP contribution in [0.1, 0.15) is 44.5 Å². The molecule has 1 aliphatic rings. The number of Topliss-reactive ketones (excluding diaryl/α,β-unsaturated/α-hetero) is 1. The van der Waals surface area contributed by atoms with Gasteiger partial charge in [-0.3, -0.25) is 9.69 Å². The summed E-state index contributed by atoms with van der Waals surface area (Å²) in [4.78, 5) is 24.8. The van der Waals surface area contributed by atoms with Crippen LogP contribution in [-0.2, 0) is 4.74 Å². The van der Waals surface area contributed by atoms with Gasteiger partial charge in [0.25, 0.3) is 0 Å². The number of carbonyl (C=O) groups is 2. The number of ether oxygens (including phenoxy) is 1. The number of ketones is 1. The molecule has 4 nitrogen and oxygen atoms in total. The van der Waals surface area contributed by atoms with E-state index in [4.69, 9.17) is 4.74 Å². The van der Waals surface area contributed by atoms with Gasteiger partial charge in [-0.2, -0.15) is 0 Å². The molecule has 2 rings (SSSR count). The zero-order valence-corrected chi connectivity index (χ0v) is 12.5. The summed E-state index contributed by atoms with van der Waals surface area (Å²) in [5, 5.41) is 0. The molecule has 0 saturated carbocycles. The van der Waals surface area contributed by atoms with E-state index in [1.54, 1.807) is 29.2 Å². The summed E-state index contributed by atoms with van der Waals surface area (Å²) in [6.45, 7) is 8.48. The zero-order valence-electron chi connectivity index (χ0n) is 12.5. The average molecular weight is 275 g/mol. The number of benzene rings is 1. The van der Waals surface area contributed by atoms with E-state index in [-0.39, 0.29) is 23.4 Å². The quantitative estimate of drug-likeness (QED) is 0.791. The Morgan fingerprint density at radius 3 is 2.40 bits per heavy atom. The predicted molar refractivity (Wildman–Crippen MR) is 78.1 cm³/mol. The van der Waals surface area contributed by atoms with E-state index in [9.17, 15) is 9.59 Å². The molecule has 0 bridgehead atoms. The average Bonchev–Trinajstić information content (AvgIpc) is 2.67. The minimum atomic E-state index is -0.310. The molecule has 108 valence electrons. The maximum atomic E-state index is 11.9. The van der Waals surface area contributed by atoms with Crippen LogP contribution in [0.15, 0.2) is 24.3 Å². The molecule has 1 aromatic rings. The van der Waals surface area contributed by atoms with Crippen LogP contribution < -0.4 is 4.90 Å². The largest absolute Gasteiger partial charge is 0.444 e. The molecule has 0 aliphatic carbocycles. The number of hydrogen-bond donors (Lipinski definition) is 0. The second-order valence-electron chi connectivity index (χ2n) is 6.48. The molecule has 0 N–H and O–H groups in total. The van der Waals surface area contributed by atoms with Gasteiger partial charge in [-0.05, 0) is 43.0 Å². The van der Waals surface area contributed by atoms with Crippen molar-refractivity contribution in [2.75, 3.05) is 11.4 Å². The molecule has 4 heteroatoms. The molecule has 20 heavy (non-hydrogen) atoms. The molecule has 0 spiro atoms. The number of rotatable bonds is 3. The van der Waals surface area contributed by atoms with Crippen molar-refractivity contribution in [3.05, 3.63) is 29.8 Å². The summed E-state index contributed by atoms with van der Waals surface area (Å²) >= 11 is 0. The Bertz CT molecular complexity index is 514. The molecule has 1 fully saturated rings. The van der Waals surface area contributed by atoms with Gasteiger partial charge in [0.1, 0.15) is 6.10 Å². The third kappa shape index (κ3) is 3.38. The summed E-state index contributed by atoms with van der Waals surface area (Å²) in [6.07, 6.45) is 0.450. The van der Waals surface area contributed by atoms with Crippen LogP contribution >= 0.6 is 0 Å². The van der Waals surface area contributed by atoms with Crippen molar-refractivity contribution in [3.8, 4) is 0 Å². The number of amides is 1. The Morgan fingerprint density at radius 1 is 1.30 bits per heavy atom. The van der Waals surface area contributed by atoms with Crippen LogP contribution in [-0.4, -0.2) is 24.5 Å². The van der Waals surface area contributed by atoms with Crippen molar-refractivity contribution in [1.29, 1.82) is 0 Å². The molecule has 0 radical (unpaired) electrons.